The molecule has 0 bridgehead atoms. The van der Waals surface area contributed by atoms with Crippen LogP contribution in [0.3, 0.4) is 0 Å². The van der Waals surface area contributed by atoms with Crippen LogP contribution in [0.5, 0.6) is 0 Å². The number of Topliss-reactive ketones (excluding diaryl/α,β-unsaturated/α-hetero) is 1. The second-order valence-electron chi connectivity index (χ2n) is 1.46. The summed E-state index contributed by atoms with van der Waals surface area (Å²) in [5, 5.41) is 9.63. The third kappa shape index (κ3) is 12.8. The maximum absolute atomic E-state index is 10.1. The van der Waals surface area contributed by atoms with E-state index in [4.69, 9.17) is 0 Å². The van der Waals surface area contributed by atoms with Gasteiger partial charge >= 0.3 is 19.5 Å². The van der Waals surface area contributed by atoms with E-state index in [1.807, 2.05) is 0 Å². The molecule has 0 aromatic heterocycles. The van der Waals surface area contributed by atoms with Crippen LogP contribution in [-0.2, 0) is 29.1 Å². The number of carbonyl (C=O) groups excluding carboxylic acids is 2. The van der Waals surface area contributed by atoms with Crippen molar-refractivity contribution in [2.45, 2.75) is 19.8 Å². The molecule has 0 fully saturated rings. The number of hydrogen-bond donors (Lipinski definition) is 0. The van der Waals surface area contributed by atoms with Crippen molar-refractivity contribution in [3.05, 3.63) is 0 Å². The molecule has 4 N–H and O–H groups in total. The Labute approximate surface area is 77.2 Å². The molecule has 0 atom stereocenters. The van der Waals surface area contributed by atoms with E-state index in [2.05, 4.69) is 0 Å². The van der Waals surface area contributed by atoms with Gasteiger partial charge in [-0.15, -0.1) is 0 Å². The molecule has 0 spiro atoms. The monoisotopic (exact) mass is 253 g/mol. The molecule has 0 aromatic rings. The van der Waals surface area contributed by atoms with Gasteiger partial charge in [-0.25, -0.2) is 0 Å². The molecule has 0 radical (unpaired) electrons. The third-order valence-corrected chi connectivity index (χ3v) is 0.705. The fourth-order valence-electron chi connectivity index (χ4n) is 0.329. The van der Waals surface area contributed by atoms with E-state index in [9.17, 15) is 14.7 Å². The van der Waals surface area contributed by atoms with Crippen LogP contribution in [0, 0.1) is 0 Å². The Morgan fingerprint density at radius 3 is 1.73 bits per heavy atom. The van der Waals surface area contributed by atoms with Gasteiger partial charge in [-0.05, 0) is 6.42 Å². The molecule has 0 aliphatic carbocycles. The van der Waals surface area contributed by atoms with Crippen molar-refractivity contribution in [2.75, 3.05) is 0 Å². The molecule has 0 saturated carbocycles. The maximum atomic E-state index is 10.1. The van der Waals surface area contributed by atoms with Gasteiger partial charge in [0.15, 0.2) is 5.78 Å². The van der Waals surface area contributed by atoms with Gasteiger partial charge in [0.05, 0.1) is 0 Å². The van der Waals surface area contributed by atoms with Crippen molar-refractivity contribution in [1.29, 1.82) is 0 Å². The largest absolute Gasteiger partial charge is 2.00 e. The minimum absolute atomic E-state index is 0. The van der Waals surface area contributed by atoms with Crippen LogP contribution >= 0.6 is 0 Å². The van der Waals surface area contributed by atoms with E-state index in [0.717, 1.165) is 0 Å². The van der Waals surface area contributed by atoms with Crippen LogP contribution in [0.25, 0.3) is 0 Å². The first-order chi connectivity index (χ1) is 3.68. The van der Waals surface area contributed by atoms with Crippen molar-refractivity contribution < 1.29 is 45.1 Å². The smallest absolute Gasteiger partial charge is 0.542 e. The van der Waals surface area contributed by atoms with E-state index in [-0.39, 0.29) is 36.9 Å². The van der Waals surface area contributed by atoms with Crippen LogP contribution in [0.15, 0.2) is 0 Å². The number of ketones is 1. The van der Waals surface area contributed by atoms with Gasteiger partial charge in [0.25, 0.3) is 0 Å². The summed E-state index contributed by atoms with van der Waals surface area (Å²) in [5.74, 6) is -2.39. The Bertz CT molecular complexity index is 113. The summed E-state index contributed by atoms with van der Waals surface area (Å²) in [7, 11) is 0. The van der Waals surface area contributed by atoms with Crippen molar-refractivity contribution >= 4 is 11.8 Å². The zero-order valence-corrected chi connectivity index (χ0v) is 7.73. The van der Waals surface area contributed by atoms with Gasteiger partial charge in [-0.2, -0.15) is 0 Å². The average molecular weight is 252 g/mol. The Balaban J connectivity index is -0.0000000817. The van der Waals surface area contributed by atoms with Crippen LogP contribution in [0.2, 0.25) is 0 Å². The number of carboxylic acid groups (broad SMARTS) is 1. The van der Waals surface area contributed by atoms with Crippen LogP contribution in [0.4, 0.5) is 0 Å². The van der Waals surface area contributed by atoms with Gasteiger partial charge in [-0.1, -0.05) is 6.92 Å². The first kappa shape index (κ1) is 22.4. The Kier molecular flexibility index (Phi) is 25.2. The predicted octanol–water partition coefficient (Wildman–Crippen LogP) is -2.55. The summed E-state index contributed by atoms with van der Waals surface area (Å²) in [6, 6.07) is 0. The van der Waals surface area contributed by atoms with Crippen molar-refractivity contribution in [3.8, 4) is 0 Å². The molecule has 0 heterocycles. The third-order valence-electron chi connectivity index (χ3n) is 0.705. The van der Waals surface area contributed by atoms with E-state index in [1.54, 1.807) is 6.92 Å². The standard InChI is InChI=1S/C5H8O3.2H2O.Ru/c1-2-3-4(6)5(7)8;;;/h2-3H2,1H3,(H,7,8);2*1H2;/q;;;+2/p-1. The van der Waals surface area contributed by atoms with E-state index in [0.29, 0.717) is 6.42 Å². The average Bonchev–Trinajstić information content (AvgIpc) is 1.67. The van der Waals surface area contributed by atoms with Gasteiger partial charge in [-0.3, -0.25) is 4.79 Å². The maximum Gasteiger partial charge on any atom is 2.00 e. The number of carboxylic acids is 1. The van der Waals surface area contributed by atoms with E-state index < -0.39 is 11.8 Å². The zero-order chi connectivity index (χ0) is 6.57. The van der Waals surface area contributed by atoms with Gasteiger partial charge in [0.1, 0.15) is 5.97 Å². The van der Waals surface area contributed by atoms with Crippen molar-refractivity contribution in [1.82, 2.24) is 0 Å². The van der Waals surface area contributed by atoms with E-state index >= 15 is 0 Å². The van der Waals surface area contributed by atoms with Crippen LogP contribution < -0.4 is 5.11 Å². The second-order valence-corrected chi connectivity index (χ2v) is 1.46. The fourth-order valence-corrected chi connectivity index (χ4v) is 0.329. The van der Waals surface area contributed by atoms with Crippen molar-refractivity contribution in [2.24, 2.45) is 0 Å². The Hall–Kier alpha value is -0.317. The molecule has 0 saturated heterocycles. The predicted molar refractivity (Wildman–Crippen MR) is 32.1 cm³/mol. The topological polar surface area (TPSA) is 120 Å². The van der Waals surface area contributed by atoms with Crippen molar-refractivity contribution in [3.63, 3.8) is 0 Å². The quantitative estimate of drug-likeness (QED) is 0.406. The van der Waals surface area contributed by atoms with Gasteiger partial charge < -0.3 is 20.9 Å². The van der Waals surface area contributed by atoms with Crippen LogP contribution in [0.1, 0.15) is 19.8 Å². The Morgan fingerprint density at radius 1 is 1.27 bits per heavy atom. The fraction of sp³-hybridized carbons (Fsp3) is 0.600. The first-order valence-electron chi connectivity index (χ1n) is 2.42. The first-order valence-corrected chi connectivity index (χ1v) is 2.42. The minimum atomic E-state index is -1.58. The molecule has 5 nitrogen and oxygen atoms in total. The number of rotatable bonds is 3. The normalized spacial score (nSPS) is 6.27. The SMILES string of the molecule is CCCC(=O)C(=O)[O-].O.O.[Ru+2]. The van der Waals surface area contributed by atoms with E-state index in [1.165, 1.54) is 0 Å². The molecule has 0 rings (SSSR count). The number of carbonyl (C=O) groups is 2. The minimum Gasteiger partial charge on any atom is -0.542 e. The summed E-state index contributed by atoms with van der Waals surface area (Å²) in [6.45, 7) is 1.74. The summed E-state index contributed by atoms with van der Waals surface area (Å²) in [4.78, 5) is 19.7. The summed E-state index contributed by atoms with van der Waals surface area (Å²) in [5.41, 5.74) is 0. The number of aliphatic carboxylic acids is 1. The number of hydrogen-bond acceptors (Lipinski definition) is 3. The molecule has 6 heteroatoms. The second kappa shape index (κ2) is 12.4. The summed E-state index contributed by atoms with van der Waals surface area (Å²) < 4.78 is 0. The Morgan fingerprint density at radius 2 is 1.64 bits per heavy atom. The molecule has 11 heavy (non-hydrogen) atoms. The molecule has 0 aliphatic rings. The molecular weight excluding hydrogens is 241 g/mol. The molecule has 68 valence electrons. The summed E-state index contributed by atoms with van der Waals surface area (Å²) in [6.07, 6.45) is 0.648. The van der Waals surface area contributed by atoms with Crippen LogP contribution in [-0.4, -0.2) is 22.7 Å². The molecule has 0 aliphatic heterocycles. The summed E-state index contributed by atoms with van der Waals surface area (Å²) >= 11 is 0. The molecule has 0 unspecified atom stereocenters. The molecule has 0 aromatic carbocycles. The van der Waals surface area contributed by atoms with Gasteiger partial charge in [0, 0.05) is 6.42 Å². The van der Waals surface area contributed by atoms with Gasteiger partial charge in [0.2, 0.25) is 0 Å². The molecular formula is C5H11O5Ru+. The zero-order valence-electron chi connectivity index (χ0n) is 5.99. The molecule has 0 amide bonds.